The first kappa shape index (κ1) is 11.0. The Morgan fingerprint density at radius 1 is 1.56 bits per heavy atom. The zero-order chi connectivity index (χ0) is 11.9. The number of nitrogens with one attached hydrogen (secondary N) is 1. The molecular weight excluding hydrogens is 301 g/mol. The number of halogens is 2. The van der Waals surface area contributed by atoms with Gasteiger partial charge < -0.3 is 4.98 Å². The minimum Gasteiger partial charge on any atom is -0.313 e. The maximum Gasteiger partial charge on any atom is 0.285 e. The number of hydrogen-bond donors (Lipinski definition) is 1. The number of aromatic amines is 1. The SMILES string of the molecule is O=c1[nH]cnc2c(Cl)c(Br)c([N+](=O)[O-])cc12. The number of benzene rings is 1. The summed E-state index contributed by atoms with van der Waals surface area (Å²) in [5.74, 6) is 0. The van der Waals surface area contributed by atoms with Gasteiger partial charge in [0.15, 0.2) is 0 Å². The smallest absolute Gasteiger partial charge is 0.285 e. The molecule has 0 unspecified atom stereocenters. The van der Waals surface area contributed by atoms with Crippen molar-refractivity contribution < 1.29 is 4.92 Å². The number of nitro benzene ring substituents is 1. The van der Waals surface area contributed by atoms with E-state index in [1.807, 2.05) is 0 Å². The van der Waals surface area contributed by atoms with Gasteiger partial charge in [0.1, 0.15) is 4.47 Å². The van der Waals surface area contributed by atoms with E-state index in [1.165, 1.54) is 6.33 Å². The monoisotopic (exact) mass is 303 g/mol. The Kier molecular flexibility index (Phi) is 2.64. The number of hydrogen-bond acceptors (Lipinski definition) is 4. The Labute approximate surface area is 102 Å². The minimum absolute atomic E-state index is 0.0512. The highest BCUT2D eigenvalue weighted by molar-refractivity contribution is 9.10. The molecule has 0 bridgehead atoms. The molecule has 82 valence electrons. The van der Waals surface area contributed by atoms with Crippen molar-refractivity contribution in [3.63, 3.8) is 0 Å². The van der Waals surface area contributed by atoms with Gasteiger partial charge in [0.05, 0.1) is 27.2 Å². The molecule has 0 aliphatic carbocycles. The highest BCUT2D eigenvalue weighted by Gasteiger charge is 2.20. The molecule has 2 rings (SSSR count). The summed E-state index contributed by atoms with van der Waals surface area (Å²) in [4.78, 5) is 27.7. The van der Waals surface area contributed by atoms with Gasteiger partial charge in [-0.3, -0.25) is 14.9 Å². The van der Waals surface area contributed by atoms with Crippen LogP contribution < -0.4 is 5.56 Å². The fourth-order valence-corrected chi connectivity index (χ4v) is 1.96. The Morgan fingerprint density at radius 2 is 2.25 bits per heavy atom. The maximum absolute atomic E-state index is 11.4. The first-order chi connectivity index (χ1) is 7.52. The van der Waals surface area contributed by atoms with E-state index in [-0.39, 0.29) is 26.1 Å². The van der Waals surface area contributed by atoms with Crippen LogP contribution >= 0.6 is 27.5 Å². The lowest BCUT2D eigenvalue weighted by molar-refractivity contribution is -0.385. The number of nitro groups is 1. The summed E-state index contributed by atoms with van der Waals surface area (Å²) in [7, 11) is 0. The van der Waals surface area contributed by atoms with E-state index in [0.29, 0.717) is 0 Å². The number of rotatable bonds is 1. The molecule has 0 radical (unpaired) electrons. The van der Waals surface area contributed by atoms with Crippen molar-refractivity contribution in [1.82, 2.24) is 9.97 Å². The third-order valence-corrected chi connectivity index (χ3v) is 3.39. The Hall–Kier alpha value is -1.47. The van der Waals surface area contributed by atoms with Gasteiger partial charge in [-0.05, 0) is 15.9 Å². The van der Waals surface area contributed by atoms with Crippen molar-refractivity contribution in [2.75, 3.05) is 0 Å². The molecule has 1 aromatic carbocycles. The first-order valence-corrected chi connectivity index (χ1v) is 5.19. The average molecular weight is 304 g/mol. The molecule has 0 aliphatic heterocycles. The molecule has 6 nitrogen and oxygen atoms in total. The highest BCUT2D eigenvalue weighted by atomic mass is 79.9. The fraction of sp³-hybridized carbons (Fsp3) is 0. The molecule has 0 aliphatic rings. The highest BCUT2D eigenvalue weighted by Crippen LogP contribution is 2.36. The third kappa shape index (κ3) is 1.57. The molecule has 8 heteroatoms. The van der Waals surface area contributed by atoms with Gasteiger partial charge in [-0.25, -0.2) is 4.98 Å². The maximum atomic E-state index is 11.4. The molecule has 0 amide bonds. The van der Waals surface area contributed by atoms with Gasteiger partial charge in [0.25, 0.3) is 11.2 Å². The predicted molar refractivity (Wildman–Crippen MR) is 61.7 cm³/mol. The molecule has 1 aromatic heterocycles. The molecule has 0 fully saturated rings. The largest absolute Gasteiger partial charge is 0.313 e. The average Bonchev–Trinajstić information content (AvgIpc) is 2.23. The Bertz CT molecular complexity index is 655. The molecular formula is C8H3BrClN3O3. The van der Waals surface area contributed by atoms with Crippen LogP contribution in [0.15, 0.2) is 21.7 Å². The summed E-state index contributed by atoms with van der Waals surface area (Å²) in [5.41, 5.74) is -0.513. The lowest BCUT2D eigenvalue weighted by atomic mass is 10.2. The number of nitrogens with zero attached hydrogens (tertiary/aromatic N) is 2. The van der Waals surface area contributed by atoms with Crippen LogP contribution in [0.2, 0.25) is 5.02 Å². The zero-order valence-corrected chi connectivity index (χ0v) is 9.87. The van der Waals surface area contributed by atoms with Crippen LogP contribution in [0.1, 0.15) is 0 Å². The van der Waals surface area contributed by atoms with E-state index in [2.05, 4.69) is 25.9 Å². The van der Waals surface area contributed by atoms with Gasteiger partial charge >= 0.3 is 0 Å². The lowest BCUT2D eigenvalue weighted by Crippen LogP contribution is -2.07. The second kappa shape index (κ2) is 3.84. The van der Waals surface area contributed by atoms with Crippen LogP contribution in [0.3, 0.4) is 0 Å². The fourth-order valence-electron chi connectivity index (χ4n) is 1.27. The normalized spacial score (nSPS) is 10.6. The van der Waals surface area contributed by atoms with Crippen molar-refractivity contribution in [2.45, 2.75) is 0 Å². The molecule has 0 spiro atoms. The van der Waals surface area contributed by atoms with Crippen LogP contribution in [0.25, 0.3) is 10.9 Å². The quantitative estimate of drug-likeness (QED) is 0.646. The molecule has 0 atom stereocenters. The predicted octanol–water partition coefficient (Wildman–Crippen LogP) is 2.25. The summed E-state index contributed by atoms with van der Waals surface area (Å²) >= 11 is 8.88. The second-order valence-electron chi connectivity index (χ2n) is 2.91. The van der Waals surface area contributed by atoms with Crippen LogP contribution in [-0.4, -0.2) is 14.9 Å². The molecule has 16 heavy (non-hydrogen) atoms. The number of H-pyrrole nitrogens is 1. The second-order valence-corrected chi connectivity index (χ2v) is 4.08. The Morgan fingerprint density at radius 3 is 2.88 bits per heavy atom. The van der Waals surface area contributed by atoms with E-state index in [1.54, 1.807) is 0 Å². The van der Waals surface area contributed by atoms with Crippen molar-refractivity contribution in [2.24, 2.45) is 0 Å². The van der Waals surface area contributed by atoms with E-state index >= 15 is 0 Å². The lowest BCUT2D eigenvalue weighted by Gasteiger charge is -2.01. The van der Waals surface area contributed by atoms with Gasteiger partial charge in [-0.15, -0.1) is 0 Å². The first-order valence-electron chi connectivity index (χ1n) is 4.02. The van der Waals surface area contributed by atoms with Crippen molar-refractivity contribution in [1.29, 1.82) is 0 Å². The molecule has 1 heterocycles. The number of aromatic nitrogens is 2. The van der Waals surface area contributed by atoms with Crippen molar-refractivity contribution in [3.05, 3.63) is 42.4 Å². The van der Waals surface area contributed by atoms with Crippen LogP contribution in [0.4, 0.5) is 5.69 Å². The van der Waals surface area contributed by atoms with E-state index in [0.717, 1.165) is 6.07 Å². The summed E-state index contributed by atoms with van der Waals surface area (Å²) in [6, 6.07) is 1.14. The van der Waals surface area contributed by atoms with E-state index in [4.69, 9.17) is 11.6 Å². The molecule has 1 N–H and O–H groups in total. The van der Waals surface area contributed by atoms with E-state index in [9.17, 15) is 14.9 Å². The zero-order valence-electron chi connectivity index (χ0n) is 7.53. The summed E-state index contributed by atoms with van der Waals surface area (Å²) in [6.07, 6.45) is 1.19. The third-order valence-electron chi connectivity index (χ3n) is 1.99. The van der Waals surface area contributed by atoms with Gasteiger partial charge in [0, 0.05) is 6.07 Å². The van der Waals surface area contributed by atoms with Crippen molar-refractivity contribution in [3.8, 4) is 0 Å². The number of fused-ring (bicyclic) bond motifs is 1. The molecule has 0 saturated heterocycles. The van der Waals surface area contributed by atoms with Crippen LogP contribution in [-0.2, 0) is 0 Å². The molecule has 0 saturated carbocycles. The standard InChI is InChI=1S/C8H3BrClN3O3/c9-5-4(13(15)16)1-3-7(6(5)10)11-2-12-8(3)14/h1-2H,(H,11,12,14). The Balaban J connectivity index is 3.00. The van der Waals surface area contributed by atoms with E-state index < -0.39 is 10.5 Å². The van der Waals surface area contributed by atoms with Crippen LogP contribution in [0.5, 0.6) is 0 Å². The van der Waals surface area contributed by atoms with Gasteiger partial charge in [0.2, 0.25) is 0 Å². The van der Waals surface area contributed by atoms with Crippen molar-refractivity contribution >= 4 is 44.1 Å². The summed E-state index contributed by atoms with van der Waals surface area (Å²) in [5, 5.41) is 10.8. The summed E-state index contributed by atoms with van der Waals surface area (Å²) < 4.78 is 0.116. The topological polar surface area (TPSA) is 88.9 Å². The minimum atomic E-state index is -0.623. The molecule has 2 aromatic rings. The van der Waals surface area contributed by atoms with Crippen LogP contribution in [0, 0.1) is 10.1 Å². The van der Waals surface area contributed by atoms with Gasteiger partial charge in [-0.1, -0.05) is 11.6 Å². The van der Waals surface area contributed by atoms with Gasteiger partial charge in [-0.2, -0.15) is 0 Å². The summed E-state index contributed by atoms with van der Waals surface area (Å²) in [6.45, 7) is 0.